The summed E-state index contributed by atoms with van der Waals surface area (Å²) in [5.41, 5.74) is 0. The molecule has 7 heteroatoms. The van der Waals surface area contributed by atoms with E-state index in [1.54, 1.807) is 25.4 Å². The molecule has 0 aliphatic heterocycles. The van der Waals surface area contributed by atoms with Gasteiger partial charge in [0.15, 0.2) is 0 Å². The molecule has 0 amide bonds. The van der Waals surface area contributed by atoms with E-state index in [1.165, 1.54) is 8.61 Å². The second-order valence-electron chi connectivity index (χ2n) is 5.50. The first-order valence-electron chi connectivity index (χ1n) is 7.23. The maximum absolute atomic E-state index is 12.5. The fraction of sp³-hybridized carbons (Fsp3) is 0.714. The molecule has 0 aliphatic rings. The van der Waals surface area contributed by atoms with Crippen molar-refractivity contribution in [3.05, 3.63) is 22.4 Å². The number of thiophene rings is 1. The van der Waals surface area contributed by atoms with Gasteiger partial charge in [-0.05, 0) is 31.3 Å². The summed E-state index contributed by atoms with van der Waals surface area (Å²) in [6.07, 6.45) is 0.801. The Morgan fingerprint density at radius 1 is 1.29 bits per heavy atom. The summed E-state index contributed by atoms with van der Waals surface area (Å²) in [6, 6.07) is 4.19. The maximum Gasteiger partial charge on any atom is 0.282 e. The van der Waals surface area contributed by atoms with Crippen LogP contribution in [0.5, 0.6) is 0 Å². The summed E-state index contributed by atoms with van der Waals surface area (Å²) >= 11 is 1.58. The van der Waals surface area contributed by atoms with Crippen LogP contribution in [0.4, 0.5) is 0 Å². The molecule has 0 saturated carbocycles. The third kappa shape index (κ3) is 5.34. The van der Waals surface area contributed by atoms with Crippen molar-refractivity contribution in [1.29, 1.82) is 0 Å². The fourth-order valence-electron chi connectivity index (χ4n) is 1.94. The van der Waals surface area contributed by atoms with Crippen molar-refractivity contribution in [2.75, 3.05) is 27.2 Å². The Labute approximate surface area is 133 Å². The topological polar surface area (TPSA) is 52.7 Å². The van der Waals surface area contributed by atoms with E-state index in [-0.39, 0.29) is 6.04 Å². The van der Waals surface area contributed by atoms with Gasteiger partial charge in [0.1, 0.15) is 0 Å². The van der Waals surface area contributed by atoms with Crippen molar-refractivity contribution in [2.24, 2.45) is 0 Å². The molecule has 122 valence electrons. The second-order valence-corrected chi connectivity index (χ2v) is 8.57. The largest absolute Gasteiger partial charge is 0.314 e. The zero-order chi connectivity index (χ0) is 16.0. The number of nitrogens with one attached hydrogen (secondary N) is 1. The molecule has 0 radical (unpaired) electrons. The molecule has 0 bridgehead atoms. The molecular formula is C14H27N3O2S2. The van der Waals surface area contributed by atoms with E-state index in [9.17, 15) is 8.42 Å². The number of hydrogen-bond acceptors (Lipinski definition) is 4. The zero-order valence-corrected chi connectivity index (χ0v) is 15.2. The minimum atomic E-state index is -3.42. The van der Waals surface area contributed by atoms with Gasteiger partial charge in [0.05, 0.1) is 6.04 Å². The molecule has 0 aromatic carbocycles. The molecule has 1 atom stereocenters. The predicted octanol–water partition coefficient (Wildman–Crippen LogP) is 2.31. The minimum absolute atomic E-state index is 0.147. The monoisotopic (exact) mass is 333 g/mol. The Hall–Kier alpha value is -0.470. The molecule has 0 saturated heterocycles. The molecular weight excluding hydrogens is 306 g/mol. The summed E-state index contributed by atoms with van der Waals surface area (Å²) in [6.45, 7) is 7.41. The lowest BCUT2D eigenvalue weighted by atomic mass is 10.3. The highest BCUT2D eigenvalue weighted by atomic mass is 32.2. The summed E-state index contributed by atoms with van der Waals surface area (Å²) in [5.74, 6) is 0. The summed E-state index contributed by atoms with van der Waals surface area (Å²) in [7, 11) is -0.137. The van der Waals surface area contributed by atoms with Crippen LogP contribution in [-0.2, 0) is 10.2 Å². The van der Waals surface area contributed by atoms with Gasteiger partial charge < -0.3 is 5.32 Å². The Bertz CT molecular complexity index is 500. The number of rotatable bonds is 9. The molecule has 1 aromatic rings. The number of hydrogen-bond donors (Lipinski definition) is 1. The quantitative estimate of drug-likeness (QED) is 0.706. The number of nitrogens with zero attached hydrogens (tertiary/aromatic N) is 2. The molecule has 1 unspecified atom stereocenters. The van der Waals surface area contributed by atoms with E-state index in [0.717, 1.165) is 17.8 Å². The van der Waals surface area contributed by atoms with E-state index in [2.05, 4.69) is 19.2 Å². The van der Waals surface area contributed by atoms with E-state index in [1.807, 2.05) is 24.4 Å². The molecule has 1 aromatic heterocycles. The van der Waals surface area contributed by atoms with Crippen molar-refractivity contribution < 1.29 is 8.42 Å². The maximum atomic E-state index is 12.5. The van der Waals surface area contributed by atoms with Crippen LogP contribution in [0.1, 0.15) is 38.1 Å². The lowest BCUT2D eigenvalue weighted by Gasteiger charge is -2.28. The van der Waals surface area contributed by atoms with Crippen molar-refractivity contribution in [3.8, 4) is 0 Å². The van der Waals surface area contributed by atoms with Crippen molar-refractivity contribution >= 4 is 21.5 Å². The molecule has 0 aliphatic carbocycles. The SMILES string of the molecule is CC(C)NCCCN(C)S(=O)(=O)N(C)C(C)c1cccs1. The highest BCUT2D eigenvalue weighted by Gasteiger charge is 2.28. The first-order valence-corrected chi connectivity index (χ1v) is 9.50. The highest BCUT2D eigenvalue weighted by molar-refractivity contribution is 7.86. The van der Waals surface area contributed by atoms with Gasteiger partial charge in [-0.2, -0.15) is 17.0 Å². The minimum Gasteiger partial charge on any atom is -0.314 e. The third-order valence-electron chi connectivity index (χ3n) is 3.46. The summed E-state index contributed by atoms with van der Waals surface area (Å²) in [5, 5.41) is 5.26. The Kier molecular flexibility index (Phi) is 7.29. The van der Waals surface area contributed by atoms with Crippen LogP contribution in [-0.4, -0.2) is 50.3 Å². The molecule has 1 N–H and O–H groups in total. The summed E-state index contributed by atoms with van der Waals surface area (Å²) in [4.78, 5) is 1.05. The standard InChI is InChI=1S/C14H27N3O2S2/c1-12(2)15-9-7-10-16(4)21(18,19)17(5)13(3)14-8-6-11-20-14/h6,8,11-13,15H,7,9-10H2,1-5H3. The lowest BCUT2D eigenvalue weighted by molar-refractivity contribution is 0.348. The van der Waals surface area contributed by atoms with Gasteiger partial charge in [0, 0.05) is 31.6 Å². The highest BCUT2D eigenvalue weighted by Crippen LogP contribution is 2.26. The van der Waals surface area contributed by atoms with Crippen LogP contribution in [0.3, 0.4) is 0 Å². The van der Waals surface area contributed by atoms with Crippen LogP contribution in [0.2, 0.25) is 0 Å². The lowest BCUT2D eigenvalue weighted by Crippen LogP contribution is -2.41. The Morgan fingerprint density at radius 2 is 1.95 bits per heavy atom. The third-order valence-corrected chi connectivity index (χ3v) is 6.52. The average molecular weight is 334 g/mol. The molecule has 1 rings (SSSR count). The van der Waals surface area contributed by atoms with E-state index in [4.69, 9.17) is 0 Å². The van der Waals surface area contributed by atoms with Gasteiger partial charge in [-0.15, -0.1) is 11.3 Å². The normalized spacial score (nSPS) is 14.3. The van der Waals surface area contributed by atoms with Crippen LogP contribution in [0.15, 0.2) is 17.5 Å². The Morgan fingerprint density at radius 3 is 2.48 bits per heavy atom. The molecule has 0 fully saturated rings. The molecule has 21 heavy (non-hydrogen) atoms. The van der Waals surface area contributed by atoms with Gasteiger partial charge in [-0.3, -0.25) is 0 Å². The first kappa shape index (κ1) is 18.6. The molecule has 5 nitrogen and oxygen atoms in total. The van der Waals surface area contributed by atoms with Crippen molar-refractivity contribution in [1.82, 2.24) is 13.9 Å². The van der Waals surface area contributed by atoms with E-state index in [0.29, 0.717) is 12.6 Å². The molecule has 0 spiro atoms. The average Bonchev–Trinajstić information content (AvgIpc) is 2.95. The van der Waals surface area contributed by atoms with Gasteiger partial charge in [0.2, 0.25) is 0 Å². The van der Waals surface area contributed by atoms with E-state index >= 15 is 0 Å². The van der Waals surface area contributed by atoms with Gasteiger partial charge in [0.25, 0.3) is 10.2 Å². The second kappa shape index (κ2) is 8.24. The van der Waals surface area contributed by atoms with Crippen LogP contribution in [0, 0.1) is 0 Å². The summed E-state index contributed by atoms with van der Waals surface area (Å²) < 4.78 is 27.9. The van der Waals surface area contributed by atoms with E-state index < -0.39 is 10.2 Å². The zero-order valence-electron chi connectivity index (χ0n) is 13.5. The van der Waals surface area contributed by atoms with Crippen molar-refractivity contribution in [3.63, 3.8) is 0 Å². The van der Waals surface area contributed by atoms with Gasteiger partial charge >= 0.3 is 0 Å². The van der Waals surface area contributed by atoms with Crippen molar-refractivity contribution in [2.45, 2.75) is 39.3 Å². The molecule has 1 heterocycles. The fourth-order valence-corrected chi connectivity index (χ4v) is 4.14. The van der Waals surface area contributed by atoms with Crippen LogP contribution in [0.25, 0.3) is 0 Å². The smallest absolute Gasteiger partial charge is 0.282 e. The predicted molar refractivity (Wildman–Crippen MR) is 89.8 cm³/mol. The first-order chi connectivity index (χ1) is 9.76. The van der Waals surface area contributed by atoms with Crippen LogP contribution < -0.4 is 5.32 Å². The van der Waals surface area contributed by atoms with Gasteiger partial charge in [-0.25, -0.2) is 0 Å². The Balaban J connectivity index is 2.58. The van der Waals surface area contributed by atoms with Gasteiger partial charge in [-0.1, -0.05) is 19.9 Å². The van der Waals surface area contributed by atoms with Crippen LogP contribution >= 0.6 is 11.3 Å².